The third-order valence-corrected chi connectivity index (χ3v) is 5.98. The molecule has 6 nitrogen and oxygen atoms in total. The summed E-state index contributed by atoms with van der Waals surface area (Å²) in [5.41, 5.74) is 0. The molecule has 0 saturated carbocycles. The molecule has 3 atom stereocenters. The third kappa shape index (κ3) is 4.00. The zero-order valence-electron chi connectivity index (χ0n) is 15.4. The molecule has 3 heterocycles. The maximum absolute atomic E-state index is 12.7. The molecule has 0 N–H and O–H groups in total. The van der Waals surface area contributed by atoms with Crippen molar-refractivity contribution < 1.29 is 14.3 Å². The van der Waals surface area contributed by atoms with Crippen LogP contribution in [0.5, 0.6) is 0 Å². The van der Waals surface area contributed by atoms with Gasteiger partial charge in [0.2, 0.25) is 5.91 Å². The molecular formula is C19H31N3O3. The number of ether oxygens (including phenoxy) is 1. The van der Waals surface area contributed by atoms with Crippen LogP contribution in [0.3, 0.4) is 0 Å². The first-order valence-corrected chi connectivity index (χ1v) is 9.59. The second-order valence-electron chi connectivity index (χ2n) is 7.62. The number of carbonyl (C=O) groups is 2. The summed E-state index contributed by atoms with van der Waals surface area (Å²) in [4.78, 5) is 31.2. The van der Waals surface area contributed by atoms with E-state index in [1.807, 2.05) is 21.7 Å². The summed E-state index contributed by atoms with van der Waals surface area (Å²) in [6.07, 6.45) is 5.64. The fraction of sp³-hybridized carbons (Fsp3) is 0.789. The van der Waals surface area contributed by atoms with Gasteiger partial charge < -0.3 is 19.4 Å². The van der Waals surface area contributed by atoms with Gasteiger partial charge in [0.15, 0.2) is 0 Å². The van der Waals surface area contributed by atoms with E-state index in [1.54, 1.807) is 6.08 Å². The van der Waals surface area contributed by atoms with Crippen LogP contribution in [0.2, 0.25) is 0 Å². The molecule has 25 heavy (non-hydrogen) atoms. The van der Waals surface area contributed by atoms with Crippen LogP contribution in [0.4, 0.5) is 4.79 Å². The maximum Gasteiger partial charge on any atom is 0.319 e. The number of amides is 3. The SMILES string of the molecule is C=CCOC[C@@H]1CN(C)C(=O)[C@@H]2CCN(C(=O)N3CCCC3)CC[C@H]12. The Hall–Kier alpha value is -1.56. The van der Waals surface area contributed by atoms with E-state index >= 15 is 0 Å². The van der Waals surface area contributed by atoms with Crippen molar-refractivity contribution in [1.29, 1.82) is 0 Å². The predicted octanol–water partition coefficient (Wildman–Crippen LogP) is 1.82. The van der Waals surface area contributed by atoms with Crippen molar-refractivity contribution in [2.75, 3.05) is 53.0 Å². The minimum Gasteiger partial charge on any atom is -0.377 e. The molecule has 0 spiro atoms. The number of nitrogens with zero attached hydrogens (tertiary/aromatic N) is 3. The summed E-state index contributed by atoms with van der Waals surface area (Å²) >= 11 is 0. The molecule has 3 amide bonds. The van der Waals surface area contributed by atoms with Gasteiger partial charge in [0, 0.05) is 51.6 Å². The van der Waals surface area contributed by atoms with Gasteiger partial charge in [0.25, 0.3) is 0 Å². The van der Waals surface area contributed by atoms with E-state index in [4.69, 9.17) is 4.74 Å². The number of hydrogen-bond acceptors (Lipinski definition) is 3. The molecule has 0 unspecified atom stereocenters. The fourth-order valence-corrected chi connectivity index (χ4v) is 4.64. The first-order valence-electron chi connectivity index (χ1n) is 9.59. The van der Waals surface area contributed by atoms with Crippen LogP contribution in [0.1, 0.15) is 25.7 Å². The van der Waals surface area contributed by atoms with Gasteiger partial charge in [-0.05, 0) is 31.6 Å². The van der Waals surface area contributed by atoms with Crippen LogP contribution < -0.4 is 0 Å². The zero-order chi connectivity index (χ0) is 17.8. The minimum absolute atomic E-state index is 0.0208. The first kappa shape index (κ1) is 18.2. The third-order valence-electron chi connectivity index (χ3n) is 5.98. The molecule has 0 aromatic rings. The van der Waals surface area contributed by atoms with Gasteiger partial charge in [-0.2, -0.15) is 0 Å². The summed E-state index contributed by atoms with van der Waals surface area (Å²) in [6, 6.07) is 0.163. The lowest BCUT2D eigenvalue weighted by atomic mass is 9.75. The lowest BCUT2D eigenvalue weighted by Crippen LogP contribution is -2.50. The van der Waals surface area contributed by atoms with Crippen molar-refractivity contribution in [3.63, 3.8) is 0 Å². The molecule has 6 heteroatoms. The van der Waals surface area contributed by atoms with Gasteiger partial charge in [-0.1, -0.05) is 6.08 Å². The Balaban J connectivity index is 1.66. The highest BCUT2D eigenvalue weighted by molar-refractivity contribution is 5.80. The molecule has 0 aromatic heterocycles. The van der Waals surface area contributed by atoms with Gasteiger partial charge in [-0.25, -0.2) is 4.79 Å². The van der Waals surface area contributed by atoms with Crippen LogP contribution in [-0.4, -0.2) is 79.6 Å². The first-order chi connectivity index (χ1) is 12.1. The van der Waals surface area contributed by atoms with Crippen LogP contribution in [-0.2, 0) is 9.53 Å². The highest BCUT2D eigenvalue weighted by atomic mass is 16.5. The normalized spacial score (nSPS) is 30.2. The van der Waals surface area contributed by atoms with E-state index in [1.165, 1.54) is 0 Å². The molecule has 0 radical (unpaired) electrons. The molecule has 3 fully saturated rings. The molecule has 3 saturated heterocycles. The number of piperidine rings is 1. The van der Waals surface area contributed by atoms with Gasteiger partial charge >= 0.3 is 6.03 Å². The number of urea groups is 1. The Morgan fingerprint density at radius 2 is 1.88 bits per heavy atom. The number of rotatable bonds is 4. The zero-order valence-corrected chi connectivity index (χ0v) is 15.4. The van der Waals surface area contributed by atoms with Gasteiger partial charge in [-0.3, -0.25) is 4.79 Å². The van der Waals surface area contributed by atoms with Gasteiger partial charge in [0.1, 0.15) is 0 Å². The average molecular weight is 349 g/mol. The Labute approximate surface area is 150 Å². The van der Waals surface area contributed by atoms with Crippen molar-refractivity contribution in [3.8, 4) is 0 Å². The van der Waals surface area contributed by atoms with Crippen molar-refractivity contribution in [2.45, 2.75) is 25.7 Å². The topological polar surface area (TPSA) is 53.1 Å². The molecule has 0 bridgehead atoms. The lowest BCUT2D eigenvalue weighted by Gasteiger charge is -2.41. The van der Waals surface area contributed by atoms with E-state index in [0.717, 1.165) is 51.9 Å². The average Bonchev–Trinajstić information content (AvgIpc) is 3.05. The molecule has 3 rings (SSSR count). The predicted molar refractivity (Wildman–Crippen MR) is 96.1 cm³/mol. The van der Waals surface area contributed by atoms with Crippen molar-refractivity contribution in [1.82, 2.24) is 14.7 Å². The van der Waals surface area contributed by atoms with Gasteiger partial charge in [0.05, 0.1) is 13.2 Å². The molecule has 3 aliphatic rings. The van der Waals surface area contributed by atoms with E-state index in [0.29, 0.717) is 31.6 Å². The molecular weight excluding hydrogens is 318 g/mol. The molecule has 0 aliphatic carbocycles. The highest BCUT2D eigenvalue weighted by Gasteiger charge is 2.43. The number of carbonyl (C=O) groups excluding carboxylic acids is 2. The Kier molecular flexibility index (Phi) is 5.99. The lowest BCUT2D eigenvalue weighted by molar-refractivity contribution is -0.144. The largest absolute Gasteiger partial charge is 0.377 e. The highest BCUT2D eigenvalue weighted by Crippen LogP contribution is 2.36. The second kappa shape index (κ2) is 8.21. The molecule has 0 aromatic carbocycles. The van der Waals surface area contributed by atoms with Crippen LogP contribution in [0.25, 0.3) is 0 Å². The van der Waals surface area contributed by atoms with E-state index in [2.05, 4.69) is 6.58 Å². The summed E-state index contributed by atoms with van der Waals surface area (Å²) in [7, 11) is 1.89. The number of fused-ring (bicyclic) bond motifs is 1. The Bertz CT molecular complexity index is 504. The van der Waals surface area contributed by atoms with Crippen molar-refractivity contribution in [3.05, 3.63) is 12.7 Å². The quantitative estimate of drug-likeness (QED) is 0.575. The molecule has 3 aliphatic heterocycles. The van der Waals surface area contributed by atoms with Crippen LogP contribution >= 0.6 is 0 Å². The molecule has 140 valence electrons. The second-order valence-corrected chi connectivity index (χ2v) is 7.62. The summed E-state index contributed by atoms with van der Waals surface area (Å²) in [5.74, 6) is 0.910. The number of hydrogen-bond donors (Lipinski definition) is 0. The minimum atomic E-state index is 0.0208. The Morgan fingerprint density at radius 3 is 2.60 bits per heavy atom. The fourth-order valence-electron chi connectivity index (χ4n) is 4.64. The smallest absolute Gasteiger partial charge is 0.319 e. The standard InChI is InChI=1S/C19H31N3O3/c1-3-12-25-14-15-13-20(2)18(23)17-7-11-22(10-6-16(15)17)19(24)21-8-4-5-9-21/h3,15-17H,1,4-14H2,2H3/t15-,16+,17+/m0/s1. The maximum atomic E-state index is 12.7. The van der Waals surface area contributed by atoms with E-state index in [9.17, 15) is 9.59 Å². The van der Waals surface area contributed by atoms with Crippen molar-refractivity contribution >= 4 is 11.9 Å². The van der Waals surface area contributed by atoms with E-state index in [-0.39, 0.29) is 17.9 Å². The monoisotopic (exact) mass is 349 g/mol. The summed E-state index contributed by atoms with van der Waals surface area (Å²) in [6.45, 7) is 8.85. The van der Waals surface area contributed by atoms with Crippen LogP contribution in [0, 0.1) is 17.8 Å². The van der Waals surface area contributed by atoms with Gasteiger partial charge in [-0.15, -0.1) is 6.58 Å². The summed E-state index contributed by atoms with van der Waals surface area (Å²) < 4.78 is 5.71. The van der Waals surface area contributed by atoms with E-state index < -0.39 is 0 Å². The van der Waals surface area contributed by atoms with Crippen LogP contribution in [0.15, 0.2) is 12.7 Å². The summed E-state index contributed by atoms with van der Waals surface area (Å²) in [5, 5.41) is 0. The Morgan fingerprint density at radius 1 is 1.20 bits per heavy atom. The number of likely N-dealkylation sites (tertiary alicyclic amines) is 3. The van der Waals surface area contributed by atoms with Crippen molar-refractivity contribution in [2.24, 2.45) is 17.8 Å².